The third-order valence-corrected chi connectivity index (χ3v) is 2.10. The molecule has 5 heteroatoms. The van der Waals surface area contributed by atoms with Crippen molar-refractivity contribution in [2.24, 2.45) is 0 Å². The Morgan fingerprint density at radius 2 is 1.76 bits per heavy atom. The summed E-state index contributed by atoms with van der Waals surface area (Å²) in [4.78, 5) is 0. The fourth-order valence-corrected chi connectivity index (χ4v) is 1.26. The van der Waals surface area contributed by atoms with Gasteiger partial charge in [0.15, 0.2) is 0 Å². The molecule has 0 bridgehead atoms. The molecule has 0 saturated carbocycles. The van der Waals surface area contributed by atoms with Crippen molar-refractivity contribution in [2.75, 3.05) is 19.7 Å². The van der Waals surface area contributed by atoms with E-state index in [2.05, 4.69) is 5.32 Å². The average Bonchev–Trinajstić information content (AvgIpc) is 2.28. The summed E-state index contributed by atoms with van der Waals surface area (Å²) in [6.45, 7) is 1.00. The highest BCUT2D eigenvalue weighted by Gasteiger charge is 2.25. The van der Waals surface area contributed by atoms with Crippen LogP contribution in [0.2, 0.25) is 0 Å². The van der Waals surface area contributed by atoms with Crippen LogP contribution < -0.4 is 10.1 Å². The first-order valence-corrected chi connectivity index (χ1v) is 5.53. The van der Waals surface area contributed by atoms with Gasteiger partial charge in [-0.05, 0) is 25.1 Å². The van der Waals surface area contributed by atoms with Gasteiger partial charge in [-0.3, -0.25) is 0 Å². The van der Waals surface area contributed by atoms with Crippen molar-refractivity contribution in [2.45, 2.75) is 19.0 Å². The standard InChI is InChI=1S/C12H16F3NO/c13-12(14,15)7-9-16-8-4-10-17-11-5-2-1-3-6-11/h1-3,5-6,16H,4,7-10H2. The quantitative estimate of drug-likeness (QED) is 0.748. The fraction of sp³-hybridized carbons (Fsp3) is 0.500. The number of nitrogens with one attached hydrogen (secondary N) is 1. The van der Waals surface area contributed by atoms with Crippen LogP contribution in [-0.2, 0) is 0 Å². The van der Waals surface area contributed by atoms with Gasteiger partial charge in [-0.15, -0.1) is 0 Å². The Balaban J connectivity index is 1.95. The predicted molar refractivity (Wildman–Crippen MR) is 60.1 cm³/mol. The van der Waals surface area contributed by atoms with Crippen molar-refractivity contribution >= 4 is 0 Å². The lowest BCUT2D eigenvalue weighted by atomic mass is 10.3. The Morgan fingerprint density at radius 3 is 2.41 bits per heavy atom. The van der Waals surface area contributed by atoms with Gasteiger partial charge in [-0.1, -0.05) is 18.2 Å². The summed E-state index contributed by atoms with van der Waals surface area (Å²) >= 11 is 0. The molecule has 0 unspecified atom stereocenters. The van der Waals surface area contributed by atoms with E-state index < -0.39 is 12.6 Å². The van der Waals surface area contributed by atoms with Gasteiger partial charge in [-0.2, -0.15) is 13.2 Å². The fourth-order valence-electron chi connectivity index (χ4n) is 1.26. The molecule has 0 radical (unpaired) electrons. The Morgan fingerprint density at radius 1 is 1.06 bits per heavy atom. The van der Waals surface area contributed by atoms with E-state index in [1.165, 1.54) is 0 Å². The van der Waals surface area contributed by atoms with E-state index in [4.69, 9.17) is 4.74 Å². The van der Waals surface area contributed by atoms with E-state index in [-0.39, 0.29) is 6.54 Å². The second-order valence-electron chi connectivity index (χ2n) is 3.63. The lowest BCUT2D eigenvalue weighted by molar-refractivity contribution is -0.133. The Hall–Kier alpha value is -1.23. The van der Waals surface area contributed by atoms with Crippen LogP contribution in [0, 0.1) is 0 Å². The number of para-hydroxylation sites is 1. The van der Waals surface area contributed by atoms with Crippen molar-refractivity contribution in [1.29, 1.82) is 0 Å². The van der Waals surface area contributed by atoms with Crippen LogP contribution in [0.4, 0.5) is 13.2 Å². The summed E-state index contributed by atoms with van der Waals surface area (Å²) in [7, 11) is 0. The molecule has 2 nitrogen and oxygen atoms in total. The summed E-state index contributed by atoms with van der Waals surface area (Å²) in [5.41, 5.74) is 0. The van der Waals surface area contributed by atoms with E-state index in [0.29, 0.717) is 19.6 Å². The van der Waals surface area contributed by atoms with Gasteiger partial charge < -0.3 is 10.1 Å². The van der Waals surface area contributed by atoms with Crippen LogP contribution >= 0.6 is 0 Å². The lowest BCUT2D eigenvalue weighted by Gasteiger charge is -2.08. The molecule has 96 valence electrons. The van der Waals surface area contributed by atoms with Crippen LogP contribution in [-0.4, -0.2) is 25.9 Å². The van der Waals surface area contributed by atoms with Crippen molar-refractivity contribution in [3.8, 4) is 5.75 Å². The number of halogens is 3. The number of benzene rings is 1. The Bertz CT molecular complexity index is 300. The molecular weight excluding hydrogens is 231 g/mol. The molecule has 0 aliphatic carbocycles. The smallest absolute Gasteiger partial charge is 0.390 e. The van der Waals surface area contributed by atoms with Crippen LogP contribution in [0.25, 0.3) is 0 Å². The van der Waals surface area contributed by atoms with E-state index in [0.717, 1.165) is 5.75 Å². The highest BCUT2D eigenvalue weighted by atomic mass is 19.4. The number of alkyl halides is 3. The van der Waals surface area contributed by atoms with E-state index in [1.807, 2.05) is 30.3 Å². The summed E-state index contributed by atoms with van der Waals surface area (Å²) in [6, 6.07) is 9.33. The molecule has 0 aromatic heterocycles. The zero-order valence-electron chi connectivity index (χ0n) is 9.46. The number of hydrogen-bond donors (Lipinski definition) is 1. The maximum atomic E-state index is 11.8. The van der Waals surface area contributed by atoms with Gasteiger partial charge in [0, 0.05) is 6.54 Å². The second-order valence-corrected chi connectivity index (χ2v) is 3.63. The summed E-state index contributed by atoms with van der Waals surface area (Å²) in [5.74, 6) is 0.780. The van der Waals surface area contributed by atoms with Gasteiger partial charge in [-0.25, -0.2) is 0 Å². The zero-order valence-corrected chi connectivity index (χ0v) is 9.46. The average molecular weight is 247 g/mol. The molecule has 0 aliphatic heterocycles. The maximum absolute atomic E-state index is 11.8. The molecule has 1 aromatic rings. The summed E-state index contributed by atoms with van der Waals surface area (Å²) in [5, 5.41) is 2.73. The second kappa shape index (κ2) is 7.17. The summed E-state index contributed by atoms with van der Waals surface area (Å²) < 4.78 is 40.8. The third kappa shape index (κ3) is 7.63. The molecule has 0 saturated heterocycles. The minimum absolute atomic E-state index is 0.0329. The van der Waals surface area contributed by atoms with Gasteiger partial charge in [0.05, 0.1) is 13.0 Å². The topological polar surface area (TPSA) is 21.3 Å². The number of rotatable bonds is 7. The highest BCUT2D eigenvalue weighted by molar-refractivity contribution is 5.20. The van der Waals surface area contributed by atoms with Crippen LogP contribution in [0.15, 0.2) is 30.3 Å². The number of hydrogen-bond acceptors (Lipinski definition) is 2. The van der Waals surface area contributed by atoms with Crippen molar-refractivity contribution < 1.29 is 17.9 Å². The van der Waals surface area contributed by atoms with Gasteiger partial charge in [0.25, 0.3) is 0 Å². The van der Waals surface area contributed by atoms with Gasteiger partial charge in [0.1, 0.15) is 5.75 Å². The molecule has 1 N–H and O–H groups in total. The monoisotopic (exact) mass is 247 g/mol. The lowest BCUT2D eigenvalue weighted by Crippen LogP contribution is -2.23. The van der Waals surface area contributed by atoms with Crippen molar-refractivity contribution in [3.63, 3.8) is 0 Å². The Labute approximate surface area is 98.8 Å². The molecule has 17 heavy (non-hydrogen) atoms. The van der Waals surface area contributed by atoms with Crippen LogP contribution in [0.1, 0.15) is 12.8 Å². The molecule has 0 amide bonds. The van der Waals surface area contributed by atoms with Crippen molar-refractivity contribution in [3.05, 3.63) is 30.3 Å². The normalized spacial score (nSPS) is 11.5. The highest BCUT2D eigenvalue weighted by Crippen LogP contribution is 2.18. The SMILES string of the molecule is FC(F)(F)CCNCCCOc1ccccc1. The van der Waals surface area contributed by atoms with Gasteiger partial charge in [0.2, 0.25) is 0 Å². The molecule has 0 aliphatic rings. The minimum atomic E-state index is -4.08. The van der Waals surface area contributed by atoms with Crippen LogP contribution in [0.3, 0.4) is 0 Å². The van der Waals surface area contributed by atoms with E-state index in [1.54, 1.807) is 0 Å². The minimum Gasteiger partial charge on any atom is -0.494 e. The molecule has 0 atom stereocenters. The Kier molecular flexibility index (Phi) is 5.83. The summed E-state index contributed by atoms with van der Waals surface area (Å²) in [6.07, 6.45) is -4.17. The largest absolute Gasteiger partial charge is 0.494 e. The molecule has 1 aromatic carbocycles. The first-order chi connectivity index (χ1) is 8.08. The van der Waals surface area contributed by atoms with E-state index >= 15 is 0 Å². The first kappa shape index (κ1) is 13.8. The first-order valence-electron chi connectivity index (χ1n) is 5.53. The third-order valence-electron chi connectivity index (χ3n) is 2.10. The predicted octanol–water partition coefficient (Wildman–Crippen LogP) is 3.00. The van der Waals surface area contributed by atoms with Gasteiger partial charge >= 0.3 is 6.18 Å². The number of ether oxygens (including phenoxy) is 1. The molecule has 1 rings (SSSR count). The zero-order chi connectivity index (χ0) is 12.6. The molecular formula is C12H16F3NO. The molecule has 0 heterocycles. The molecule has 0 fully saturated rings. The maximum Gasteiger partial charge on any atom is 0.390 e. The van der Waals surface area contributed by atoms with Crippen LogP contribution in [0.5, 0.6) is 5.75 Å². The van der Waals surface area contributed by atoms with Crippen molar-refractivity contribution in [1.82, 2.24) is 5.32 Å². The molecule has 0 spiro atoms. The van der Waals surface area contributed by atoms with E-state index in [9.17, 15) is 13.2 Å².